The van der Waals surface area contributed by atoms with E-state index in [0.29, 0.717) is 18.2 Å². The first kappa shape index (κ1) is 15.9. The van der Waals surface area contributed by atoms with E-state index in [1.807, 2.05) is 0 Å². The normalized spacial score (nSPS) is 10.4. The Morgan fingerprint density at radius 1 is 1.45 bits per heavy atom. The van der Waals surface area contributed by atoms with Gasteiger partial charge in [0.15, 0.2) is 0 Å². The van der Waals surface area contributed by atoms with Crippen molar-refractivity contribution in [2.75, 3.05) is 12.0 Å². The number of non-ortho nitro benzene ring substituents is 1. The number of carbonyl (C=O) groups excluding carboxylic acids is 1. The highest BCUT2D eigenvalue weighted by atomic mass is 16.6. The molecule has 7 heteroatoms. The number of benzene rings is 1. The SMILES string of the molecule is CC(C)CCCNC(=O)c1cc([N+](=O)[O-])ccc1NN. The van der Waals surface area contributed by atoms with Crippen molar-refractivity contribution in [3.63, 3.8) is 0 Å². The molecule has 0 aromatic heterocycles. The lowest BCUT2D eigenvalue weighted by Crippen LogP contribution is -2.26. The molecule has 0 aliphatic heterocycles. The third kappa shape index (κ3) is 4.51. The number of nitrogens with two attached hydrogens (primary N) is 1. The van der Waals surface area contributed by atoms with E-state index in [0.717, 1.165) is 12.8 Å². The van der Waals surface area contributed by atoms with Crippen LogP contribution < -0.4 is 16.6 Å². The average Bonchev–Trinajstić information content (AvgIpc) is 2.42. The number of nitrogens with one attached hydrogen (secondary N) is 2. The summed E-state index contributed by atoms with van der Waals surface area (Å²) in [7, 11) is 0. The lowest BCUT2D eigenvalue weighted by atomic mass is 10.1. The van der Waals surface area contributed by atoms with Gasteiger partial charge in [0.25, 0.3) is 11.6 Å². The predicted molar refractivity (Wildman–Crippen MR) is 77.3 cm³/mol. The van der Waals surface area contributed by atoms with E-state index >= 15 is 0 Å². The largest absolute Gasteiger partial charge is 0.352 e. The number of hydrazine groups is 1. The zero-order chi connectivity index (χ0) is 15.1. The molecule has 0 saturated heterocycles. The first-order valence-corrected chi connectivity index (χ1v) is 6.49. The molecule has 1 amide bonds. The van der Waals surface area contributed by atoms with Gasteiger partial charge < -0.3 is 10.7 Å². The van der Waals surface area contributed by atoms with Crippen molar-refractivity contribution in [3.05, 3.63) is 33.9 Å². The molecule has 1 aromatic rings. The Morgan fingerprint density at radius 3 is 2.70 bits per heavy atom. The van der Waals surface area contributed by atoms with E-state index < -0.39 is 4.92 Å². The molecule has 7 nitrogen and oxygen atoms in total. The van der Waals surface area contributed by atoms with E-state index in [2.05, 4.69) is 24.6 Å². The smallest absolute Gasteiger partial charge is 0.270 e. The molecular formula is C13H20N4O3. The number of nitrogens with zero attached hydrogens (tertiary/aromatic N) is 1. The molecule has 110 valence electrons. The molecule has 0 unspecified atom stereocenters. The van der Waals surface area contributed by atoms with Gasteiger partial charge in [-0.1, -0.05) is 13.8 Å². The number of nitro benzene ring substituents is 1. The van der Waals surface area contributed by atoms with E-state index in [-0.39, 0.29) is 17.2 Å². The second-order valence-corrected chi connectivity index (χ2v) is 4.92. The van der Waals surface area contributed by atoms with Crippen molar-refractivity contribution in [2.45, 2.75) is 26.7 Å². The number of anilines is 1. The molecule has 0 aliphatic rings. The summed E-state index contributed by atoms with van der Waals surface area (Å²) in [5.41, 5.74) is 2.76. The molecule has 1 aromatic carbocycles. The summed E-state index contributed by atoms with van der Waals surface area (Å²) in [6.07, 6.45) is 1.88. The van der Waals surface area contributed by atoms with Crippen LogP contribution in [0.5, 0.6) is 0 Å². The minimum Gasteiger partial charge on any atom is -0.352 e. The maximum atomic E-state index is 12.0. The fraction of sp³-hybridized carbons (Fsp3) is 0.462. The zero-order valence-electron chi connectivity index (χ0n) is 11.7. The Morgan fingerprint density at radius 2 is 2.15 bits per heavy atom. The first-order chi connectivity index (χ1) is 9.45. The van der Waals surface area contributed by atoms with Crippen LogP contribution >= 0.6 is 0 Å². The number of nitro groups is 1. The summed E-state index contributed by atoms with van der Waals surface area (Å²) in [5, 5.41) is 13.5. The van der Waals surface area contributed by atoms with Crippen molar-refractivity contribution in [2.24, 2.45) is 11.8 Å². The Labute approximate surface area is 117 Å². The number of amides is 1. The highest BCUT2D eigenvalue weighted by Gasteiger charge is 2.16. The van der Waals surface area contributed by atoms with Crippen LogP contribution in [0.1, 0.15) is 37.0 Å². The summed E-state index contributed by atoms with van der Waals surface area (Å²) in [6.45, 7) is 4.75. The molecule has 0 bridgehead atoms. The Balaban J connectivity index is 2.74. The first-order valence-electron chi connectivity index (χ1n) is 6.49. The van der Waals surface area contributed by atoms with Gasteiger partial charge in [0.2, 0.25) is 0 Å². The maximum absolute atomic E-state index is 12.0. The van der Waals surface area contributed by atoms with Crippen molar-refractivity contribution in [1.82, 2.24) is 5.32 Å². The minimum atomic E-state index is -0.546. The summed E-state index contributed by atoms with van der Waals surface area (Å²) < 4.78 is 0. The third-order valence-corrected chi connectivity index (χ3v) is 2.86. The van der Waals surface area contributed by atoms with Gasteiger partial charge in [0.1, 0.15) is 0 Å². The number of rotatable bonds is 7. The van der Waals surface area contributed by atoms with Crippen molar-refractivity contribution in [1.29, 1.82) is 0 Å². The predicted octanol–water partition coefficient (Wildman–Crippen LogP) is 2.05. The van der Waals surface area contributed by atoms with Crippen LogP contribution in [-0.2, 0) is 0 Å². The zero-order valence-corrected chi connectivity index (χ0v) is 11.7. The van der Waals surface area contributed by atoms with Crippen LogP contribution in [-0.4, -0.2) is 17.4 Å². The van der Waals surface area contributed by atoms with Crippen molar-refractivity contribution in [3.8, 4) is 0 Å². The lowest BCUT2D eigenvalue weighted by Gasteiger charge is -2.10. The maximum Gasteiger partial charge on any atom is 0.270 e. The molecular weight excluding hydrogens is 260 g/mol. The quantitative estimate of drug-likeness (QED) is 0.306. The Bertz CT molecular complexity index is 489. The highest BCUT2D eigenvalue weighted by Crippen LogP contribution is 2.21. The van der Waals surface area contributed by atoms with Crippen molar-refractivity contribution >= 4 is 17.3 Å². The van der Waals surface area contributed by atoms with Gasteiger partial charge in [0.05, 0.1) is 16.2 Å². The van der Waals surface area contributed by atoms with Gasteiger partial charge in [-0.05, 0) is 24.8 Å². The van der Waals surface area contributed by atoms with Crippen LogP contribution in [0.4, 0.5) is 11.4 Å². The molecule has 0 heterocycles. The van der Waals surface area contributed by atoms with Gasteiger partial charge in [-0.2, -0.15) is 0 Å². The second-order valence-electron chi connectivity index (χ2n) is 4.92. The molecule has 0 aliphatic carbocycles. The molecule has 4 N–H and O–H groups in total. The molecule has 1 rings (SSSR count). The Hall–Kier alpha value is -2.15. The fourth-order valence-electron chi connectivity index (χ4n) is 1.77. The molecule has 0 fully saturated rings. The number of hydrogen-bond acceptors (Lipinski definition) is 5. The monoisotopic (exact) mass is 280 g/mol. The van der Waals surface area contributed by atoms with Crippen LogP contribution in [0.2, 0.25) is 0 Å². The molecule has 0 radical (unpaired) electrons. The van der Waals surface area contributed by atoms with Gasteiger partial charge in [-0.25, -0.2) is 0 Å². The summed E-state index contributed by atoms with van der Waals surface area (Å²) in [6, 6.07) is 3.93. The van der Waals surface area contributed by atoms with Gasteiger partial charge in [-0.15, -0.1) is 0 Å². The standard InChI is InChI=1S/C13H20N4O3/c1-9(2)4-3-7-15-13(18)11-8-10(17(19)20)5-6-12(11)16-14/h5-6,8-9,16H,3-4,7,14H2,1-2H3,(H,15,18). The summed E-state index contributed by atoms with van der Waals surface area (Å²) >= 11 is 0. The Kier molecular flexibility index (Phi) is 5.92. The summed E-state index contributed by atoms with van der Waals surface area (Å²) in [4.78, 5) is 22.2. The van der Waals surface area contributed by atoms with E-state index in [1.165, 1.54) is 18.2 Å². The van der Waals surface area contributed by atoms with Crippen molar-refractivity contribution < 1.29 is 9.72 Å². The lowest BCUT2D eigenvalue weighted by molar-refractivity contribution is -0.384. The number of nitrogen functional groups attached to an aromatic ring is 1. The molecule has 0 saturated carbocycles. The van der Waals surface area contributed by atoms with Crippen LogP contribution in [0, 0.1) is 16.0 Å². The van der Waals surface area contributed by atoms with E-state index in [9.17, 15) is 14.9 Å². The average molecular weight is 280 g/mol. The van der Waals surface area contributed by atoms with Gasteiger partial charge in [-0.3, -0.25) is 20.8 Å². The van der Waals surface area contributed by atoms with Gasteiger partial charge >= 0.3 is 0 Å². The second kappa shape index (κ2) is 7.44. The topological polar surface area (TPSA) is 110 Å². The van der Waals surface area contributed by atoms with E-state index in [1.54, 1.807) is 0 Å². The van der Waals surface area contributed by atoms with Gasteiger partial charge in [0, 0.05) is 18.7 Å². The van der Waals surface area contributed by atoms with Crippen LogP contribution in [0.25, 0.3) is 0 Å². The fourth-order valence-corrected chi connectivity index (χ4v) is 1.77. The number of hydrogen-bond donors (Lipinski definition) is 3. The van der Waals surface area contributed by atoms with E-state index in [4.69, 9.17) is 5.84 Å². The molecule has 0 spiro atoms. The minimum absolute atomic E-state index is 0.142. The number of carbonyl (C=O) groups is 1. The molecule has 0 atom stereocenters. The summed E-state index contributed by atoms with van der Waals surface area (Å²) in [5.74, 6) is 5.51. The molecule has 20 heavy (non-hydrogen) atoms. The highest BCUT2D eigenvalue weighted by molar-refractivity contribution is 6.00. The third-order valence-electron chi connectivity index (χ3n) is 2.86. The van der Waals surface area contributed by atoms with Crippen LogP contribution in [0.15, 0.2) is 18.2 Å². The van der Waals surface area contributed by atoms with Crippen LogP contribution in [0.3, 0.4) is 0 Å².